The molecule has 49 heavy (non-hydrogen) atoms. The maximum atomic E-state index is 12.9. The van der Waals surface area contributed by atoms with E-state index in [-0.39, 0.29) is 23.4 Å². The molecule has 5 aromatic rings. The minimum Gasteiger partial charge on any atom is -0.444 e. The van der Waals surface area contributed by atoms with Crippen molar-refractivity contribution in [1.82, 2.24) is 39.9 Å². The lowest BCUT2D eigenvalue weighted by Crippen LogP contribution is -2.50. The summed E-state index contributed by atoms with van der Waals surface area (Å²) in [6, 6.07) is 11.9. The first-order valence-corrected chi connectivity index (χ1v) is 16.4. The number of ether oxygens (including phenoxy) is 1. The van der Waals surface area contributed by atoms with Gasteiger partial charge in [0, 0.05) is 60.7 Å². The lowest BCUT2D eigenvalue weighted by atomic mass is 9.96. The summed E-state index contributed by atoms with van der Waals surface area (Å²) in [5.74, 6) is 0.877. The normalized spacial score (nSPS) is 14.6. The van der Waals surface area contributed by atoms with Crippen molar-refractivity contribution in [2.24, 2.45) is 0 Å². The maximum absolute atomic E-state index is 12.9. The number of pyridine rings is 1. The van der Waals surface area contributed by atoms with Gasteiger partial charge in [0.15, 0.2) is 5.82 Å². The second-order valence-electron chi connectivity index (χ2n) is 14.5. The van der Waals surface area contributed by atoms with E-state index in [1.54, 1.807) is 11.2 Å². The van der Waals surface area contributed by atoms with E-state index in [1.807, 2.05) is 90.5 Å². The van der Waals surface area contributed by atoms with Crippen LogP contribution in [0.15, 0.2) is 59.6 Å². The number of hydrogen-bond donors (Lipinski definition) is 1. The topological polar surface area (TPSA) is 144 Å². The quantitative estimate of drug-likeness (QED) is 0.230. The van der Waals surface area contributed by atoms with Crippen molar-refractivity contribution in [2.45, 2.75) is 72.4 Å². The number of rotatable bonds is 6. The number of aryl methyl sites for hydroxylation is 1. The first-order chi connectivity index (χ1) is 23.2. The van der Waals surface area contributed by atoms with Gasteiger partial charge in [-0.25, -0.2) is 19.3 Å². The number of nitrogens with one attached hydrogen (secondary N) is 1. The molecule has 13 nitrogen and oxygen atoms in total. The highest BCUT2D eigenvalue weighted by Crippen LogP contribution is 2.31. The van der Waals surface area contributed by atoms with Crippen molar-refractivity contribution in [3.8, 4) is 22.4 Å². The molecule has 5 heterocycles. The van der Waals surface area contributed by atoms with Gasteiger partial charge in [0.1, 0.15) is 17.7 Å². The molecule has 0 bridgehead atoms. The number of nitrogens with zero attached hydrogens (tertiary/aromatic N) is 8. The summed E-state index contributed by atoms with van der Waals surface area (Å²) < 4.78 is 12.6. The second-order valence-corrected chi connectivity index (χ2v) is 14.5. The number of piperazine rings is 1. The number of fused-ring (bicyclic) bond motifs is 1. The van der Waals surface area contributed by atoms with E-state index in [0.717, 1.165) is 44.8 Å². The van der Waals surface area contributed by atoms with Gasteiger partial charge < -0.3 is 24.4 Å². The van der Waals surface area contributed by atoms with Gasteiger partial charge in [-0.1, -0.05) is 38.1 Å². The van der Waals surface area contributed by atoms with Gasteiger partial charge in [0.05, 0.1) is 17.3 Å². The van der Waals surface area contributed by atoms with E-state index in [4.69, 9.17) is 14.2 Å². The third-order valence-electron chi connectivity index (χ3n) is 8.39. The third kappa shape index (κ3) is 7.40. The minimum atomic E-state index is -0.514. The smallest absolute Gasteiger partial charge is 0.410 e. The molecule has 2 amide bonds. The van der Waals surface area contributed by atoms with E-state index >= 15 is 0 Å². The first kappa shape index (κ1) is 33.6. The van der Waals surface area contributed by atoms with Crippen molar-refractivity contribution in [3.63, 3.8) is 0 Å². The van der Waals surface area contributed by atoms with Crippen molar-refractivity contribution < 1.29 is 18.8 Å². The average Bonchev–Trinajstić information content (AvgIpc) is 3.73. The first-order valence-electron chi connectivity index (χ1n) is 16.4. The molecule has 1 fully saturated rings. The van der Waals surface area contributed by atoms with E-state index in [0.29, 0.717) is 32.0 Å². The molecule has 1 aliphatic heterocycles. The molecule has 1 saturated heterocycles. The zero-order valence-corrected chi connectivity index (χ0v) is 29.3. The molecule has 4 aromatic heterocycles. The molecular formula is C36H43N9O4. The van der Waals surface area contributed by atoms with Gasteiger partial charge in [-0.3, -0.25) is 4.79 Å². The summed E-state index contributed by atoms with van der Waals surface area (Å²) >= 11 is 0. The molecule has 0 spiro atoms. The van der Waals surface area contributed by atoms with Crippen molar-refractivity contribution in [3.05, 3.63) is 78.0 Å². The summed E-state index contributed by atoms with van der Waals surface area (Å²) in [6.45, 7) is 18.0. The van der Waals surface area contributed by atoms with Crippen LogP contribution in [0.25, 0.3) is 27.9 Å². The van der Waals surface area contributed by atoms with Crippen LogP contribution in [0.5, 0.6) is 0 Å². The lowest BCUT2D eigenvalue weighted by molar-refractivity contribution is 0.0240. The Kier molecular flexibility index (Phi) is 8.86. The number of carbonyl (C=O) groups excluding carboxylic acids is 2. The Balaban J connectivity index is 1.14. The van der Waals surface area contributed by atoms with Crippen LogP contribution in [0.2, 0.25) is 0 Å². The molecule has 1 aromatic carbocycles. The predicted octanol–water partition coefficient (Wildman–Crippen LogP) is 6.00. The Morgan fingerprint density at radius 3 is 2.31 bits per heavy atom. The van der Waals surface area contributed by atoms with E-state index in [9.17, 15) is 9.59 Å². The third-order valence-corrected chi connectivity index (χ3v) is 8.39. The van der Waals surface area contributed by atoms with Gasteiger partial charge in [-0.05, 0) is 70.0 Å². The fourth-order valence-electron chi connectivity index (χ4n) is 5.76. The van der Waals surface area contributed by atoms with Crippen molar-refractivity contribution in [1.29, 1.82) is 0 Å². The van der Waals surface area contributed by atoms with Crippen LogP contribution in [-0.4, -0.2) is 78.4 Å². The van der Waals surface area contributed by atoms with E-state index in [1.165, 1.54) is 0 Å². The summed E-state index contributed by atoms with van der Waals surface area (Å²) in [4.78, 5) is 42.9. The Labute approximate surface area is 285 Å². The number of hydrogen-bond acceptors (Lipinski definition) is 10. The van der Waals surface area contributed by atoms with Gasteiger partial charge >= 0.3 is 17.9 Å². The molecule has 0 saturated carbocycles. The molecule has 13 heteroatoms. The summed E-state index contributed by atoms with van der Waals surface area (Å²) in [5.41, 5.74) is 5.64. The van der Waals surface area contributed by atoms with E-state index < -0.39 is 11.5 Å². The van der Waals surface area contributed by atoms with Crippen molar-refractivity contribution in [2.75, 3.05) is 31.1 Å². The highest BCUT2D eigenvalue weighted by atomic mass is 16.6. The summed E-state index contributed by atoms with van der Waals surface area (Å²) in [7, 11) is 0. The van der Waals surface area contributed by atoms with Crippen LogP contribution in [0.3, 0.4) is 0 Å². The molecule has 1 N–H and O–H groups in total. The molecule has 0 unspecified atom stereocenters. The zero-order valence-electron chi connectivity index (χ0n) is 29.3. The number of amides is 2. The predicted molar refractivity (Wildman–Crippen MR) is 185 cm³/mol. The highest BCUT2D eigenvalue weighted by molar-refractivity contribution is 5.90. The fraction of sp³-hybridized carbons (Fsp3) is 0.417. The molecular weight excluding hydrogens is 622 g/mol. The van der Waals surface area contributed by atoms with Crippen LogP contribution >= 0.6 is 0 Å². The Bertz CT molecular complexity index is 1980. The van der Waals surface area contributed by atoms with Crippen LogP contribution in [0.1, 0.15) is 82.1 Å². The van der Waals surface area contributed by atoms with Gasteiger partial charge in [-0.2, -0.15) is 10.1 Å². The molecule has 6 rings (SSSR count). The molecule has 0 aliphatic carbocycles. The minimum absolute atomic E-state index is 0.0542. The second kappa shape index (κ2) is 12.9. The number of benzene rings is 1. The van der Waals surface area contributed by atoms with E-state index in [2.05, 4.69) is 48.6 Å². The molecule has 1 aliphatic rings. The molecule has 256 valence electrons. The van der Waals surface area contributed by atoms with Crippen molar-refractivity contribution >= 4 is 23.3 Å². The number of anilines is 1. The largest absolute Gasteiger partial charge is 0.444 e. The van der Waals surface area contributed by atoms with Crippen LogP contribution in [0, 0.1) is 6.92 Å². The van der Waals surface area contributed by atoms with Crippen LogP contribution in [-0.2, 0) is 10.2 Å². The molecule has 1 atom stereocenters. The Hall–Kier alpha value is -5.33. The molecule has 0 radical (unpaired) electrons. The zero-order chi connectivity index (χ0) is 35.1. The summed E-state index contributed by atoms with van der Waals surface area (Å²) in [5, 5.41) is 11.4. The highest BCUT2D eigenvalue weighted by Gasteiger charge is 2.27. The Morgan fingerprint density at radius 2 is 1.67 bits per heavy atom. The van der Waals surface area contributed by atoms with Crippen LogP contribution in [0.4, 0.5) is 10.6 Å². The summed E-state index contributed by atoms with van der Waals surface area (Å²) in [6.07, 6.45) is 5.11. The number of aromatic nitrogens is 6. The van der Waals surface area contributed by atoms with Gasteiger partial charge in [0.2, 0.25) is 0 Å². The Morgan fingerprint density at radius 1 is 0.939 bits per heavy atom. The monoisotopic (exact) mass is 665 g/mol. The van der Waals surface area contributed by atoms with Gasteiger partial charge in [0.25, 0.3) is 0 Å². The van der Waals surface area contributed by atoms with Crippen LogP contribution < -0.4 is 10.2 Å². The van der Waals surface area contributed by atoms with Gasteiger partial charge in [-0.15, -0.1) is 0 Å². The fourth-order valence-corrected chi connectivity index (χ4v) is 5.76. The maximum Gasteiger partial charge on any atom is 0.410 e. The average molecular weight is 666 g/mol. The lowest BCUT2D eigenvalue weighted by Gasteiger charge is -2.36. The number of carbonyl (C=O) groups is 2. The SMILES string of the molecule is Cc1cc(-c2ncnn3cc(-c4ccc(N5CCN(C(=O)OC(C)(C)C)CC5)nc4)cc23)ccc1[C@@H](C)NC(=O)c1nc(C(C)(C)C)no1. The standard InChI is InChI=1S/C36H43N9O4/c1-22-17-24(9-11-27(22)23(2)40-31(46)32-41-33(42-49-32)35(3,4)5)30-28-18-26(20-45(28)39-21-38-30)25-10-12-29(37-19-25)43-13-15-44(16-14-43)34(47)48-36(6,7)8/h9-12,17-21,23H,13-16H2,1-8H3,(H,40,46)/t23-/m1/s1.